The molecular weight excluding hydrogens is 203 g/mol. The highest BCUT2D eigenvalue weighted by atomic mass is 19.4. The first kappa shape index (κ1) is 12.7. The zero-order chi connectivity index (χ0) is 11.6. The molecule has 5 N–H and O–H groups in total. The van der Waals surface area contributed by atoms with E-state index in [0.29, 0.717) is 6.92 Å². The van der Waals surface area contributed by atoms with Gasteiger partial charge in [-0.05, 0) is 6.92 Å². The summed E-state index contributed by atoms with van der Waals surface area (Å²) in [4.78, 5) is 21.0. The van der Waals surface area contributed by atoms with Gasteiger partial charge in [0, 0.05) is 0 Å². The van der Waals surface area contributed by atoms with Gasteiger partial charge in [-0.25, -0.2) is 0 Å². The Balaban J connectivity index is 4.45. The van der Waals surface area contributed by atoms with E-state index in [9.17, 15) is 22.8 Å². The van der Waals surface area contributed by atoms with Gasteiger partial charge in [0.15, 0.2) is 5.54 Å². The zero-order valence-corrected chi connectivity index (χ0v) is 7.31. The molecule has 1 unspecified atom stereocenters. The van der Waals surface area contributed by atoms with E-state index in [2.05, 4.69) is 5.73 Å². The molecule has 0 bridgehead atoms. The second-order valence-electron chi connectivity index (χ2n) is 2.85. The number of halogens is 3. The van der Waals surface area contributed by atoms with Gasteiger partial charge < -0.3 is 16.8 Å². The normalized spacial score (nSPS) is 15.8. The minimum atomic E-state index is -4.88. The van der Waals surface area contributed by atoms with E-state index in [4.69, 9.17) is 5.73 Å². The summed E-state index contributed by atoms with van der Waals surface area (Å²) in [6.07, 6.45) is -4.88. The van der Waals surface area contributed by atoms with E-state index in [1.54, 1.807) is 5.32 Å². The number of nitrogens with two attached hydrogens (primary N) is 2. The molecule has 0 aliphatic carbocycles. The molecule has 0 radical (unpaired) electrons. The van der Waals surface area contributed by atoms with Crippen LogP contribution < -0.4 is 16.8 Å². The maximum absolute atomic E-state index is 12.1. The van der Waals surface area contributed by atoms with Gasteiger partial charge >= 0.3 is 6.18 Å². The first-order chi connectivity index (χ1) is 6.09. The van der Waals surface area contributed by atoms with Gasteiger partial charge in [0.05, 0.1) is 6.54 Å². The van der Waals surface area contributed by atoms with Gasteiger partial charge in [0.1, 0.15) is 0 Å². The summed E-state index contributed by atoms with van der Waals surface area (Å²) < 4.78 is 36.3. The molecule has 5 nitrogen and oxygen atoms in total. The Bertz CT molecular complexity index is 249. The van der Waals surface area contributed by atoms with Gasteiger partial charge in [0.2, 0.25) is 11.8 Å². The smallest absolute Gasteiger partial charge is 0.368 e. The third kappa shape index (κ3) is 2.87. The van der Waals surface area contributed by atoms with Crippen molar-refractivity contribution in [2.75, 3.05) is 6.54 Å². The molecule has 0 aromatic heterocycles. The third-order valence-corrected chi connectivity index (χ3v) is 1.48. The Labute approximate surface area is 77.6 Å². The second kappa shape index (κ2) is 3.82. The van der Waals surface area contributed by atoms with E-state index in [-0.39, 0.29) is 0 Å². The summed E-state index contributed by atoms with van der Waals surface area (Å²) in [5, 5.41) is 1.67. The SMILES string of the molecule is CC(N)(C(=O)NCC(N)=O)C(F)(F)F. The minimum Gasteiger partial charge on any atom is -0.368 e. The molecule has 0 heterocycles. The average molecular weight is 213 g/mol. The fraction of sp³-hybridized carbons (Fsp3) is 0.667. The molecule has 0 aliphatic heterocycles. The Morgan fingerprint density at radius 2 is 1.79 bits per heavy atom. The Hall–Kier alpha value is -1.31. The summed E-state index contributed by atoms with van der Waals surface area (Å²) in [7, 11) is 0. The number of nitrogens with one attached hydrogen (secondary N) is 1. The summed E-state index contributed by atoms with van der Waals surface area (Å²) >= 11 is 0. The number of amides is 2. The first-order valence-electron chi connectivity index (χ1n) is 3.51. The van der Waals surface area contributed by atoms with Gasteiger partial charge in [-0.15, -0.1) is 0 Å². The summed E-state index contributed by atoms with van der Waals surface area (Å²) in [6, 6.07) is 0. The lowest BCUT2D eigenvalue weighted by Gasteiger charge is -2.25. The van der Waals surface area contributed by atoms with Gasteiger partial charge in [-0.1, -0.05) is 0 Å². The molecule has 82 valence electrons. The Morgan fingerprint density at radius 3 is 2.07 bits per heavy atom. The molecule has 0 saturated carbocycles. The predicted molar refractivity (Wildman–Crippen MR) is 40.9 cm³/mol. The fourth-order valence-corrected chi connectivity index (χ4v) is 0.480. The molecule has 0 saturated heterocycles. The molecule has 0 spiro atoms. The maximum Gasteiger partial charge on any atom is 0.415 e. The number of primary amides is 1. The highest BCUT2D eigenvalue weighted by Crippen LogP contribution is 2.27. The number of rotatable bonds is 3. The van der Waals surface area contributed by atoms with E-state index in [1.807, 2.05) is 0 Å². The van der Waals surface area contributed by atoms with Crippen molar-refractivity contribution in [2.24, 2.45) is 11.5 Å². The van der Waals surface area contributed by atoms with E-state index >= 15 is 0 Å². The zero-order valence-electron chi connectivity index (χ0n) is 7.31. The van der Waals surface area contributed by atoms with Crippen molar-refractivity contribution in [3.8, 4) is 0 Å². The molecule has 14 heavy (non-hydrogen) atoms. The number of carbonyl (C=O) groups excluding carboxylic acids is 2. The van der Waals surface area contributed by atoms with Crippen LogP contribution in [0.2, 0.25) is 0 Å². The van der Waals surface area contributed by atoms with Crippen LogP contribution in [0.25, 0.3) is 0 Å². The fourth-order valence-electron chi connectivity index (χ4n) is 0.480. The van der Waals surface area contributed by atoms with Crippen molar-refractivity contribution in [1.82, 2.24) is 5.32 Å². The highest BCUT2D eigenvalue weighted by molar-refractivity contribution is 5.90. The van der Waals surface area contributed by atoms with E-state index < -0.39 is 30.1 Å². The molecule has 0 fully saturated rings. The van der Waals surface area contributed by atoms with Gasteiger partial charge in [0.25, 0.3) is 0 Å². The molecule has 0 rings (SSSR count). The number of hydrogen-bond donors (Lipinski definition) is 3. The largest absolute Gasteiger partial charge is 0.415 e. The Morgan fingerprint density at radius 1 is 1.36 bits per heavy atom. The standard InChI is InChI=1S/C6H10F3N3O2/c1-5(11,6(7,8)9)4(14)12-2-3(10)13/h2,11H2,1H3,(H2,10,13)(H,12,14). The number of carbonyl (C=O) groups is 2. The third-order valence-electron chi connectivity index (χ3n) is 1.48. The molecular formula is C6H10F3N3O2. The van der Waals surface area contributed by atoms with Crippen LogP contribution in [0.1, 0.15) is 6.92 Å². The lowest BCUT2D eigenvalue weighted by atomic mass is 10.0. The quantitative estimate of drug-likeness (QED) is 0.553. The maximum atomic E-state index is 12.1. The summed E-state index contributed by atoms with van der Waals surface area (Å²) in [5.41, 5.74) is 6.33. The van der Waals surface area contributed by atoms with Crippen LogP contribution in [-0.4, -0.2) is 30.1 Å². The van der Waals surface area contributed by atoms with Crippen molar-refractivity contribution in [3.05, 3.63) is 0 Å². The lowest BCUT2D eigenvalue weighted by Crippen LogP contribution is -2.62. The van der Waals surface area contributed by atoms with Crippen LogP contribution in [-0.2, 0) is 9.59 Å². The number of alkyl halides is 3. The van der Waals surface area contributed by atoms with Gasteiger partial charge in [-0.3, -0.25) is 9.59 Å². The molecule has 0 aromatic rings. The first-order valence-corrected chi connectivity index (χ1v) is 3.51. The summed E-state index contributed by atoms with van der Waals surface area (Å²) in [5.74, 6) is -2.44. The van der Waals surface area contributed by atoms with Crippen LogP contribution in [0.3, 0.4) is 0 Å². The van der Waals surface area contributed by atoms with Crippen LogP contribution in [0, 0.1) is 0 Å². The Kier molecular flexibility index (Phi) is 3.47. The van der Waals surface area contributed by atoms with E-state index in [1.165, 1.54) is 0 Å². The van der Waals surface area contributed by atoms with Crippen molar-refractivity contribution < 1.29 is 22.8 Å². The lowest BCUT2D eigenvalue weighted by molar-refractivity contribution is -0.187. The van der Waals surface area contributed by atoms with Crippen LogP contribution in [0.4, 0.5) is 13.2 Å². The molecule has 8 heteroatoms. The van der Waals surface area contributed by atoms with E-state index in [0.717, 1.165) is 0 Å². The van der Waals surface area contributed by atoms with Crippen molar-refractivity contribution in [1.29, 1.82) is 0 Å². The van der Waals surface area contributed by atoms with Crippen molar-refractivity contribution >= 4 is 11.8 Å². The van der Waals surface area contributed by atoms with Gasteiger partial charge in [-0.2, -0.15) is 13.2 Å². The van der Waals surface area contributed by atoms with Crippen LogP contribution >= 0.6 is 0 Å². The molecule has 2 amide bonds. The monoisotopic (exact) mass is 213 g/mol. The average Bonchev–Trinajstić information content (AvgIpc) is 1.97. The summed E-state index contributed by atoms with van der Waals surface area (Å²) in [6.45, 7) is -0.176. The minimum absolute atomic E-state index is 0.503. The second-order valence-corrected chi connectivity index (χ2v) is 2.85. The molecule has 0 aromatic carbocycles. The van der Waals surface area contributed by atoms with Crippen molar-refractivity contribution in [2.45, 2.75) is 18.6 Å². The highest BCUT2D eigenvalue weighted by Gasteiger charge is 2.53. The van der Waals surface area contributed by atoms with Crippen LogP contribution in [0.15, 0.2) is 0 Å². The van der Waals surface area contributed by atoms with Crippen LogP contribution in [0.5, 0.6) is 0 Å². The topological polar surface area (TPSA) is 98.2 Å². The van der Waals surface area contributed by atoms with Crippen molar-refractivity contribution in [3.63, 3.8) is 0 Å². The predicted octanol–water partition coefficient (Wildman–Crippen LogP) is -1.13. The molecule has 0 aliphatic rings. The number of hydrogen-bond acceptors (Lipinski definition) is 3. The molecule has 1 atom stereocenters.